The van der Waals surface area contributed by atoms with Crippen LogP contribution in [0.5, 0.6) is 0 Å². The van der Waals surface area contributed by atoms with Gasteiger partial charge in [-0.1, -0.05) is 19.4 Å². The van der Waals surface area contributed by atoms with Gasteiger partial charge in [-0.15, -0.1) is 0 Å². The Hall–Kier alpha value is -2.04. The summed E-state index contributed by atoms with van der Waals surface area (Å²) in [4.78, 5) is 8.20. The third kappa shape index (κ3) is 3.71. The molecular formula is C14H15F2N3. The summed E-state index contributed by atoms with van der Waals surface area (Å²) in [6.07, 6.45) is 3.36. The number of benzene rings is 1. The van der Waals surface area contributed by atoms with Gasteiger partial charge in [-0.05, 0) is 12.5 Å². The number of hydrogen-bond donors (Lipinski definition) is 1. The summed E-state index contributed by atoms with van der Waals surface area (Å²) >= 11 is 0. The summed E-state index contributed by atoms with van der Waals surface area (Å²) in [5.74, 6) is -0.494. The average molecular weight is 263 g/mol. The average Bonchev–Trinajstić information content (AvgIpc) is 2.38. The standard InChI is InChI=1S/C14H15F2N3/c1-2-3-12-7-14(19-9-18-12)17-8-10-4-5-11(15)6-13(10)16/h4-7,9H,2-3,8H2,1H3,(H,17,18,19). The normalized spacial score (nSPS) is 10.5. The lowest BCUT2D eigenvalue weighted by molar-refractivity contribution is 0.574. The molecule has 0 spiro atoms. The smallest absolute Gasteiger partial charge is 0.131 e. The molecule has 0 radical (unpaired) electrons. The second kappa shape index (κ2) is 6.22. The number of nitrogens with zero attached hydrogens (tertiary/aromatic N) is 2. The fourth-order valence-electron chi connectivity index (χ4n) is 1.74. The highest BCUT2D eigenvalue weighted by Crippen LogP contribution is 2.12. The van der Waals surface area contributed by atoms with Crippen molar-refractivity contribution in [1.82, 2.24) is 9.97 Å². The molecule has 0 fully saturated rings. The van der Waals surface area contributed by atoms with Crippen LogP contribution in [0.25, 0.3) is 0 Å². The van der Waals surface area contributed by atoms with Crippen LogP contribution in [0.1, 0.15) is 24.6 Å². The van der Waals surface area contributed by atoms with E-state index >= 15 is 0 Å². The molecule has 1 aromatic carbocycles. The van der Waals surface area contributed by atoms with Gasteiger partial charge in [-0.2, -0.15) is 0 Å². The van der Waals surface area contributed by atoms with Crippen LogP contribution < -0.4 is 5.32 Å². The molecule has 0 amide bonds. The van der Waals surface area contributed by atoms with E-state index in [2.05, 4.69) is 22.2 Å². The van der Waals surface area contributed by atoms with Crippen LogP contribution in [0.4, 0.5) is 14.6 Å². The molecule has 0 saturated heterocycles. The molecule has 5 heteroatoms. The van der Waals surface area contributed by atoms with Crippen molar-refractivity contribution in [3.05, 3.63) is 53.5 Å². The molecule has 2 rings (SSSR count). The minimum atomic E-state index is -0.575. The number of aryl methyl sites for hydroxylation is 1. The minimum Gasteiger partial charge on any atom is -0.366 e. The molecule has 0 bridgehead atoms. The Morgan fingerprint density at radius 3 is 2.74 bits per heavy atom. The van der Waals surface area contributed by atoms with E-state index in [1.165, 1.54) is 18.5 Å². The van der Waals surface area contributed by atoms with E-state index in [1.807, 2.05) is 6.07 Å². The van der Waals surface area contributed by atoms with E-state index in [9.17, 15) is 8.78 Å². The first-order chi connectivity index (χ1) is 9.19. The Bertz CT molecular complexity index is 558. The second-order valence-corrected chi connectivity index (χ2v) is 4.23. The predicted octanol–water partition coefficient (Wildman–Crippen LogP) is 3.32. The Kier molecular flexibility index (Phi) is 4.39. The molecule has 3 nitrogen and oxygen atoms in total. The van der Waals surface area contributed by atoms with Crippen LogP contribution >= 0.6 is 0 Å². The van der Waals surface area contributed by atoms with Gasteiger partial charge in [0.05, 0.1) is 0 Å². The molecule has 0 aliphatic rings. The van der Waals surface area contributed by atoms with E-state index in [-0.39, 0.29) is 6.54 Å². The number of anilines is 1. The second-order valence-electron chi connectivity index (χ2n) is 4.23. The van der Waals surface area contributed by atoms with Gasteiger partial charge in [0.1, 0.15) is 23.8 Å². The zero-order valence-corrected chi connectivity index (χ0v) is 10.7. The lowest BCUT2D eigenvalue weighted by Gasteiger charge is -2.07. The highest BCUT2D eigenvalue weighted by molar-refractivity contribution is 5.36. The molecule has 0 atom stereocenters. The van der Waals surface area contributed by atoms with Gasteiger partial charge < -0.3 is 5.32 Å². The van der Waals surface area contributed by atoms with Gasteiger partial charge in [0.15, 0.2) is 0 Å². The molecule has 0 aliphatic heterocycles. The first-order valence-corrected chi connectivity index (χ1v) is 6.17. The molecule has 100 valence electrons. The Labute approximate surface area is 110 Å². The van der Waals surface area contributed by atoms with Crippen LogP contribution in [-0.2, 0) is 13.0 Å². The molecule has 0 aliphatic carbocycles. The molecule has 2 aromatic rings. The van der Waals surface area contributed by atoms with Gasteiger partial charge in [0.25, 0.3) is 0 Å². The number of hydrogen-bond acceptors (Lipinski definition) is 3. The fourth-order valence-corrected chi connectivity index (χ4v) is 1.74. The maximum atomic E-state index is 13.4. The molecule has 1 N–H and O–H groups in total. The summed E-state index contributed by atoms with van der Waals surface area (Å²) in [5, 5.41) is 3.01. The largest absolute Gasteiger partial charge is 0.366 e. The Morgan fingerprint density at radius 1 is 1.16 bits per heavy atom. The van der Waals surface area contributed by atoms with E-state index in [0.717, 1.165) is 24.6 Å². The van der Waals surface area contributed by atoms with Crippen molar-refractivity contribution in [1.29, 1.82) is 0 Å². The van der Waals surface area contributed by atoms with E-state index in [0.29, 0.717) is 11.4 Å². The zero-order chi connectivity index (χ0) is 13.7. The molecular weight excluding hydrogens is 248 g/mol. The zero-order valence-electron chi connectivity index (χ0n) is 10.7. The van der Waals surface area contributed by atoms with Crippen molar-refractivity contribution in [2.45, 2.75) is 26.3 Å². The number of rotatable bonds is 5. The third-order valence-electron chi connectivity index (χ3n) is 2.70. The van der Waals surface area contributed by atoms with Crippen molar-refractivity contribution < 1.29 is 8.78 Å². The number of aromatic nitrogens is 2. The third-order valence-corrected chi connectivity index (χ3v) is 2.70. The summed E-state index contributed by atoms with van der Waals surface area (Å²) in [6.45, 7) is 2.33. The highest BCUT2D eigenvalue weighted by Gasteiger charge is 2.04. The molecule has 0 unspecified atom stereocenters. The molecule has 0 saturated carbocycles. The fraction of sp³-hybridized carbons (Fsp3) is 0.286. The van der Waals surface area contributed by atoms with Gasteiger partial charge in [0.2, 0.25) is 0 Å². The van der Waals surface area contributed by atoms with Crippen molar-refractivity contribution in [3.8, 4) is 0 Å². The van der Waals surface area contributed by atoms with Gasteiger partial charge in [-0.3, -0.25) is 0 Å². The molecule has 1 aromatic heterocycles. The molecule has 19 heavy (non-hydrogen) atoms. The van der Waals surface area contributed by atoms with Gasteiger partial charge in [-0.25, -0.2) is 18.7 Å². The maximum absolute atomic E-state index is 13.4. The lowest BCUT2D eigenvalue weighted by Crippen LogP contribution is -2.05. The summed E-state index contributed by atoms with van der Waals surface area (Å²) in [7, 11) is 0. The first-order valence-electron chi connectivity index (χ1n) is 6.17. The summed E-state index contributed by atoms with van der Waals surface area (Å²) < 4.78 is 26.2. The molecule has 1 heterocycles. The summed E-state index contributed by atoms with van der Waals surface area (Å²) in [6, 6.07) is 5.37. The SMILES string of the molecule is CCCc1cc(NCc2ccc(F)cc2F)ncn1. The lowest BCUT2D eigenvalue weighted by atomic mass is 10.2. The van der Waals surface area contributed by atoms with E-state index in [4.69, 9.17) is 0 Å². The Morgan fingerprint density at radius 2 is 2.00 bits per heavy atom. The van der Waals surface area contributed by atoms with Crippen LogP contribution in [0, 0.1) is 11.6 Å². The van der Waals surface area contributed by atoms with Gasteiger partial charge in [0, 0.05) is 29.9 Å². The van der Waals surface area contributed by atoms with Crippen LogP contribution in [0.3, 0.4) is 0 Å². The van der Waals surface area contributed by atoms with E-state index < -0.39 is 11.6 Å². The van der Waals surface area contributed by atoms with Crippen molar-refractivity contribution in [2.24, 2.45) is 0 Å². The summed E-state index contributed by atoms with van der Waals surface area (Å²) in [5.41, 5.74) is 1.34. The van der Waals surface area contributed by atoms with Crippen molar-refractivity contribution >= 4 is 5.82 Å². The minimum absolute atomic E-state index is 0.259. The number of nitrogens with one attached hydrogen (secondary N) is 1. The monoisotopic (exact) mass is 263 g/mol. The van der Waals surface area contributed by atoms with Crippen LogP contribution in [0.15, 0.2) is 30.6 Å². The quantitative estimate of drug-likeness (QED) is 0.899. The predicted molar refractivity (Wildman–Crippen MR) is 69.7 cm³/mol. The van der Waals surface area contributed by atoms with E-state index in [1.54, 1.807) is 0 Å². The van der Waals surface area contributed by atoms with Crippen LogP contribution in [-0.4, -0.2) is 9.97 Å². The number of halogens is 2. The first kappa shape index (κ1) is 13.4. The van der Waals surface area contributed by atoms with Crippen LogP contribution in [0.2, 0.25) is 0 Å². The van der Waals surface area contributed by atoms with Crippen molar-refractivity contribution in [3.63, 3.8) is 0 Å². The van der Waals surface area contributed by atoms with Crippen molar-refractivity contribution in [2.75, 3.05) is 5.32 Å². The van der Waals surface area contributed by atoms with Gasteiger partial charge >= 0.3 is 0 Å². The maximum Gasteiger partial charge on any atom is 0.131 e. The highest BCUT2D eigenvalue weighted by atomic mass is 19.1. The topological polar surface area (TPSA) is 37.8 Å². The Balaban J connectivity index is 2.03.